The van der Waals surface area contributed by atoms with Crippen molar-refractivity contribution in [2.24, 2.45) is 11.5 Å². The number of hydrogen-bond donors (Lipinski definition) is 3. The highest BCUT2D eigenvalue weighted by Gasteiger charge is 2.26. The molecule has 0 radical (unpaired) electrons. The zero-order valence-electron chi connectivity index (χ0n) is 23.8. The Morgan fingerprint density at radius 1 is 0.780 bits per heavy atom. The standard InChI is InChI=1S/C31H42N2O8/c1-2-37-30(36)9-13-38-24-16-21-15-23(33)17-25(21)28(19-24)40-10-3-4-11-41-31-26-18-22(32)14-20(26)7-8-27(31)39-12-5-6-29(34)35/h7-8,16,19,22-23H,2-6,9-15,17-18,32-33H2,1H3,(H,34,35). The van der Waals surface area contributed by atoms with Gasteiger partial charge in [-0.05, 0) is 80.7 Å². The van der Waals surface area contributed by atoms with E-state index in [4.69, 9.17) is 40.3 Å². The number of aliphatic carboxylic acids is 1. The lowest BCUT2D eigenvalue weighted by molar-refractivity contribution is -0.143. The topological polar surface area (TPSA) is 153 Å². The van der Waals surface area contributed by atoms with Crippen LogP contribution in [0, 0.1) is 0 Å². The van der Waals surface area contributed by atoms with Gasteiger partial charge in [0.15, 0.2) is 11.5 Å². The van der Waals surface area contributed by atoms with E-state index in [0.717, 1.165) is 61.0 Å². The summed E-state index contributed by atoms with van der Waals surface area (Å²) in [7, 11) is 0. The van der Waals surface area contributed by atoms with Gasteiger partial charge in [-0.25, -0.2) is 0 Å². The van der Waals surface area contributed by atoms with E-state index in [-0.39, 0.29) is 37.5 Å². The first-order valence-electron chi connectivity index (χ1n) is 14.5. The molecule has 0 saturated carbocycles. The number of fused-ring (bicyclic) bond motifs is 2. The van der Waals surface area contributed by atoms with Gasteiger partial charge in [0.25, 0.3) is 0 Å². The Hall–Kier alpha value is -3.50. The minimum atomic E-state index is -0.840. The lowest BCUT2D eigenvalue weighted by Gasteiger charge is -2.17. The molecule has 0 saturated heterocycles. The van der Waals surface area contributed by atoms with Crippen LogP contribution in [0.5, 0.6) is 23.0 Å². The SMILES string of the molecule is CCOC(=O)CCOc1cc2c(c(OCCCCOc3c(OCCCC(=O)O)ccc4c3CC(N)C4)c1)CC(N)C2. The number of unbranched alkanes of at least 4 members (excludes halogenated alkanes) is 1. The summed E-state index contributed by atoms with van der Waals surface area (Å²) in [4.78, 5) is 22.5. The Bertz CT molecular complexity index is 1200. The molecule has 0 heterocycles. The fourth-order valence-corrected chi connectivity index (χ4v) is 5.32. The molecule has 224 valence electrons. The zero-order chi connectivity index (χ0) is 29.2. The van der Waals surface area contributed by atoms with E-state index in [0.29, 0.717) is 50.1 Å². The van der Waals surface area contributed by atoms with E-state index < -0.39 is 5.97 Å². The molecule has 0 aromatic heterocycles. The molecule has 0 bridgehead atoms. The molecule has 0 fully saturated rings. The maximum atomic E-state index is 11.6. The van der Waals surface area contributed by atoms with Crippen molar-refractivity contribution in [1.29, 1.82) is 0 Å². The molecule has 2 aromatic rings. The summed E-state index contributed by atoms with van der Waals surface area (Å²) in [5.74, 6) is 1.65. The summed E-state index contributed by atoms with van der Waals surface area (Å²) in [6.07, 6.45) is 5.27. The number of benzene rings is 2. The van der Waals surface area contributed by atoms with Crippen LogP contribution in [0.3, 0.4) is 0 Å². The Morgan fingerprint density at radius 2 is 1.46 bits per heavy atom. The molecule has 0 amide bonds. The van der Waals surface area contributed by atoms with E-state index in [1.807, 2.05) is 24.3 Å². The van der Waals surface area contributed by atoms with Crippen molar-refractivity contribution in [1.82, 2.24) is 0 Å². The fraction of sp³-hybridized carbons (Fsp3) is 0.548. The van der Waals surface area contributed by atoms with Gasteiger partial charge in [0.1, 0.15) is 11.5 Å². The van der Waals surface area contributed by atoms with Gasteiger partial charge in [-0.15, -0.1) is 0 Å². The normalized spacial score (nSPS) is 17.0. The van der Waals surface area contributed by atoms with Crippen molar-refractivity contribution in [2.75, 3.05) is 33.0 Å². The molecule has 10 heteroatoms. The average molecular weight is 571 g/mol. The molecule has 0 spiro atoms. The Balaban J connectivity index is 1.29. The third-order valence-corrected chi connectivity index (χ3v) is 7.21. The van der Waals surface area contributed by atoms with Crippen LogP contribution in [-0.4, -0.2) is 62.2 Å². The minimum absolute atomic E-state index is 0.0526. The third kappa shape index (κ3) is 8.74. The number of hydrogen-bond acceptors (Lipinski definition) is 9. The van der Waals surface area contributed by atoms with Crippen LogP contribution < -0.4 is 30.4 Å². The van der Waals surface area contributed by atoms with Gasteiger partial charge in [-0.2, -0.15) is 0 Å². The van der Waals surface area contributed by atoms with Crippen molar-refractivity contribution in [3.8, 4) is 23.0 Å². The quantitative estimate of drug-likeness (QED) is 0.191. The minimum Gasteiger partial charge on any atom is -0.493 e. The highest BCUT2D eigenvalue weighted by atomic mass is 16.5. The van der Waals surface area contributed by atoms with Crippen LogP contribution in [-0.2, 0) is 40.0 Å². The number of carboxylic acid groups (broad SMARTS) is 1. The molecule has 2 aliphatic rings. The second-order valence-electron chi connectivity index (χ2n) is 10.6. The predicted molar refractivity (Wildman–Crippen MR) is 153 cm³/mol. The van der Waals surface area contributed by atoms with Gasteiger partial charge in [0.05, 0.1) is 39.5 Å². The van der Waals surface area contributed by atoms with Crippen LogP contribution in [0.15, 0.2) is 24.3 Å². The molecule has 2 atom stereocenters. The van der Waals surface area contributed by atoms with Gasteiger partial charge in [-0.3, -0.25) is 9.59 Å². The number of carbonyl (C=O) groups excluding carboxylic acids is 1. The number of rotatable bonds is 17. The van der Waals surface area contributed by atoms with Crippen molar-refractivity contribution in [3.05, 3.63) is 46.5 Å². The van der Waals surface area contributed by atoms with Crippen LogP contribution >= 0.6 is 0 Å². The van der Waals surface area contributed by atoms with Gasteiger partial charge in [0, 0.05) is 30.1 Å². The van der Waals surface area contributed by atoms with Crippen molar-refractivity contribution in [2.45, 2.75) is 76.8 Å². The molecule has 2 aliphatic carbocycles. The van der Waals surface area contributed by atoms with Crippen LogP contribution in [0.2, 0.25) is 0 Å². The summed E-state index contributed by atoms with van der Waals surface area (Å²) < 4.78 is 29.1. The Morgan fingerprint density at radius 3 is 2.22 bits per heavy atom. The smallest absolute Gasteiger partial charge is 0.309 e. The molecule has 4 rings (SSSR count). The first-order valence-corrected chi connectivity index (χ1v) is 14.5. The number of carbonyl (C=O) groups is 2. The van der Waals surface area contributed by atoms with Crippen LogP contribution in [0.25, 0.3) is 0 Å². The fourth-order valence-electron chi connectivity index (χ4n) is 5.32. The average Bonchev–Trinajstić information content (AvgIpc) is 3.50. The summed E-state index contributed by atoms with van der Waals surface area (Å²) >= 11 is 0. The highest BCUT2D eigenvalue weighted by Crippen LogP contribution is 2.39. The van der Waals surface area contributed by atoms with Gasteiger partial charge >= 0.3 is 11.9 Å². The second-order valence-corrected chi connectivity index (χ2v) is 10.6. The number of carboxylic acids is 1. The van der Waals surface area contributed by atoms with Crippen molar-refractivity contribution in [3.63, 3.8) is 0 Å². The van der Waals surface area contributed by atoms with Gasteiger partial charge < -0.3 is 40.3 Å². The maximum Gasteiger partial charge on any atom is 0.309 e. The van der Waals surface area contributed by atoms with E-state index in [9.17, 15) is 9.59 Å². The van der Waals surface area contributed by atoms with E-state index in [2.05, 4.69) is 0 Å². The number of ether oxygens (including phenoxy) is 5. The van der Waals surface area contributed by atoms with Crippen LogP contribution in [0.1, 0.15) is 61.3 Å². The lowest BCUT2D eigenvalue weighted by atomic mass is 10.1. The third-order valence-electron chi connectivity index (χ3n) is 7.21. The van der Waals surface area contributed by atoms with E-state index >= 15 is 0 Å². The number of esters is 1. The van der Waals surface area contributed by atoms with Gasteiger partial charge in [0.2, 0.25) is 0 Å². The summed E-state index contributed by atoms with van der Waals surface area (Å²) in [5.41, 5.74) is 16.9. The van der Waals surface area contributed by atoms with Crippen LogP contribution in [0.4, 0.5) is 0 Å². The molecular weight excluding hydrogens is 528 g/mol. The first kappa shape index (κ1) is 30.5. The summed E-state index contributed by atoms with van der Waals surface area (Å²) in [6.45, 7) is 3.67. The highest BCUT2D eigenvalue weighted by molar-refractivity contribution is 5.69. The first-order chi connectivity index (χ1) is 19.8. The summed E-state index contributed by atoms with van der Waals surface area (Å²) in [6, 6.07) is 7.89. The molecule has 5 N–H and O–H groups in total. The lowest BCUT2D eigenvalue weighted by Crippen LogP contribution is -2.19. The monoisotopic (exact) mass is 570 g/mol. The van der Waals surface area contributed by atoms with E-state index in [1.165, 1.54) is 5.56 Å². The molecular formula is C31H42N2O8. The Kier molecular flexibility index (Phi) is 11.1. The molecule has 10 nitrogen and oxygen atoms in total. The molecule has 41 heavy (non-hydrogen) atoms. The summed E-state index contributed by atoms with van der Waals surface area (Å²) in [5, 5.41) is 8.89. The maximum absolute atomic E-state index is 11.6. The molecule has 0 aliphatic heterocycles. The number of nitrogens with two attached hydrogens (primary N) is 2. The predicted octanol–water partition coefficient (Wildman–Crippen LogP) is 3.35. The van der Waals surface area contributed by atoms with Crippen molar-refractivity contribution < 1.29 is 38.4 Å². The zero-order valence-corrected chi connectivity index (χ0v) is 23.8. The second kappa shape index (κ2) is 14.9. The molecule has 2 unspecified atom stereocenters. The Labute approximate surface area is 241 Å². The largest absolute Gasteiger partial charge is 0.493 e. The van der Waals surface area contributed by atoms with Gasteiger partial charge in [-0.1, -0.05) is 6.07 Å². The molecule has 2 aromatic carbocycles. The van der Waals surface area contributed by atoms with E-state index in [1.54, 1.807) is 6.92 Å². The van der Waals surface area contributed by atoms with Crippen molar-refractivity contribution >= 4 is 11.9 Å².